The molecule has 1 saturated carbocycles. The maximum atomic E-state index is 12.8. The van der Waals surface area contributed by atoms with E-state index in [1.54, 1.807) is 0 Å². The van der Waals surface area contributed by atoms with Crippen molar-refractivity contribution in [3.05, 3.63) is 60.8 Å². The molecule has 0 aromatic carbocycles. The van der Waals surface area contributed by atoms with Crippen LogP contribution in [0.15, 0.2) is 60.8 Å². The molecule has 0 amide bonds. The number of ether oxygens (including phenoxy) is 2. The Hall–Kier alpha value is -1.96. The SMILES string of the molecule is CC/C=C\C/C=C\C/C=C\C/C=C\C/C=C\CCCC(=O)OC(COCCCCCCCCCCCCCCCC)COP(=O)(O)OC1C(O)C(O)C(O)C(O)C1O. The molecule has 58 heavy (non-hydrogen) atoms. The van der Waals surface area contributed by atoms with Gasteiger partial charge in [-0.1, -0.05) is 158 Å². The van der Waals surface area contributed by atoms with Crippen molar-refractivity contribution in [3.63, 3.8) is 0 Å². The van der Waals surface area contributed by atoms with Crippen LogP contribution in [0.25, 0.3) is 0 Å². The van der Waals surface area contributed by atoms with Crippen molar-refractivity contribution in [3.8, 4) is 0 Å². The molecule has 1 aliphatic carbocycles. The summed E-state index contributed by atoms with van der Waals surface area (Å²) >= 11 is 0. The quantitative estimate of drug-likeness (QED) is 0.0153. The van der Waals surface area contributed by atoms with Crippen molar-refractivity contribution in [2.75, 3.05) is 19.8 Å². The average Bonchev–Trinajstić information content (AvgIpc) is 3.21. The van der Waals surface area contributed by atoms with E-state index in [-0.39, 0.29) is 13.0 Å². The topological polar surface area (TPSA) is 192 Å². The van der Waals surface area contributed by atoms with E-state index in [4.69, 9.17) is 18.5 Å². The van der Waals surface area contributed by atoms with Crippen LogP contribution < -0.4 is 0 Å². The number of aliphatic hydroxyl groups is 5. The van der Waals surface area contributed by atoms with Gasteiger partial charge in [0.15, 0.2) is 0 Å². The van der Waals surface area contributed by atoms with Crippen LogP contribution >= 0.6 is 7.82 Å². The fourth-order valence-electron chi connectivity index (χ4n) is 6.39. The highest BCUT2D eigenvalue weighted by molar-refractivity contribution is 7.47. The number of unbranched alkanes of at least 4 members (excludes halogenated alkanes) is 14. The minimum absolute atomic E-state index is 0.0999. The van der Waals surface area contributed by atoms with Crippen molar-refractivity contribution in [1.29, 1.82) is 0 Å². The molecule has 6 unspecified atom stereocenters. The van der Waals surface area contributed by atoms with Gasteiger partial charge >= 0.3 is 13.8 Å². The first-order valence-corrected chi connectivity index (χ1v) is 23.6. The molecular weight excluding hydrogens is 763 g/mol. The van der Waals surface area contributed by atoms with E-state index in [0.29, 0.717) is 19.4 Å². The van der Waals surface area contributed by atoms with Gasteiger partial charge in [-0.05, 0) is 51.4 Å². The van der Waals surface area contributed by atoms with Gasteiger partial charge in [-0.2, -0.15) is 0 Å². The molecule has 0 spiro atoms. The lowest BCUT2D eigenvalue weighted by Crippen LogP contribution is -2.64. The van der Waals surface area contributed by atoms with E-state index in [0.717, 1.165) is 51.4 Å². The second kappa shape index (κ2) is 35.8. The Morgan fingerprint density at radius 2 is 1.00 bits per heavy atom. The number of carbonyl (C=O) groups is 1. The summed E-state index contributed by atoms with van der Waals surface area (Å²) in [6.07, 6.45) is 31.5. The molecule has 0 saturated heterocycles. The van der Waals surface area contributed by atoms with Crippen LogP contribution in [0.5, 0.6) is 0 Å². The minimum Gasteiger partial charge on any atom is -0.457 e. The van der Waals surface area contributed by atoms with Crippen LogP contribution in [0.2, 0.25) is 0 Å². The summed E-state index contributed by atoms with van der Waals surface area (Å²) in [6, 6.07) is 0. The number of rotatable bonds is 36. The molecule has 1 aliphatic rings. The number of phosphoric ester groups is 1. The molecule has 1 fully saturated rings. The molecule has 336 valence electrons. The minimum atomic E-state index is -5.03. The predicted octanol–water partition coefficient (Wildman–Crippen LogP) is 8.64. The largest absolute Gasteiger partial charge is 0.472 e. The van der Waals surface area contributed by atoms with Gasteiger partial charge < -0.3 is 39.9 Å². The average molecular weight is 843 g/mol. The highest BCUT2D eigenvalue weighted by atomic mass is 31.2. The monoisotopic (exact) mass is 843 g/mol. The van der Waals surface area contributed by atoms with Gasteiger partial charge in [0.2, 0.25) is 0 Å². The van der Waals surface area contributed by atoms with Gasteiger partial charge in [-0.15, -0.1) is 0 Å². The molecule has 0 radical (unpaired) electrons. The Balaban J connectivity index is 2.47. The summed E-state index contributed by atoms with van der Waals surface area (Å²) in [4.78, 5) is 23.1. The van der Waals surface area contributed by atoms with Crippen LogP contribution in [-0.2, 0) is 27.9 Å². The lowest BCUT2D eigenvalue weighted by Gasteiger charge is -2.41. The molecule has 0 aliphatic heterocycles. The zero-order valence-corrected chi connectivity index (χ0v) is 36.5. The van der Waals surface area contributed by atoms with Crippen LogP contribution in [-0.4, -0.2) is 98.9 Å². The Kier molecular flexibility index (Phi) is 33.3. The highest BCUT2D eigenvalue weighted by Gasteiger charge is 2.51. The van der Waals surface area contributed by atoms with Gasteiger partial charge in [0.25, 0.3) is 0 Å². The fourth-order valence-corrected chi connectivity index (χ4v) is 7.36. The van der Waals surface area contributed by atoms with Crippen molar-refractivity contribution >= 4 is 13.8 Å². The van der Waals surface area contributed by atoms with Crippen LogP contribution in [0, 0.1) is 0 Å². The normalized spacial score (nSPS) is 23.2. The third kappa shape index (κ3) is 27.7. The first kappa shape index (κ1) is 54.1. The summed E-state index contributed by atoms with van der Waals surface area (Å²) < 4.78 is 34.1. The van der Waals surface area contributed by atoms with E-state index in [9.17, 15) is 39.8 Å². The van der Waals surface area contributed by atoms with Gasteiger partial charge in [-0.25, -0.2) is 4.57 Å². The zero-order chi connectivity index (χ0) is 42.7. The Morgan fingerprint density at radius 1 is 0.569 bits per heavy atom. The van der Waals surface area contributed by atoms with Crippen LogP contribution in [0.3, 0.4) is 0 Å². The van der Waals surface area contributed by atoms with Crippen molar-refractivity contribution < 1.29 is 58.3 Å². The Bertz CT molecular complexity index is 1190. The number of phosphoric acid groups is 1. The van der Waals surface area contributed by atoms with E-state index < -0.39 is 63.1 Å². The molecule has 0 aromatic rings. The fraction of sp³-hybridized carbons (Fsp3) is 0.756. The zero-order valence-electron chi connectivity index (χ0n) is 35.6. The third-order valence-electron chi connectivity index (χ3n) is 9.90. The third-order valence-corrected chi connectivity index (χ3v) is 10.9. The Labute approximate surface area is 349 Å². The van der Waals surface area contributed by atoms with Crippen molar-refractivity contribution in [2.24, 2.45) is 0 Å². The standard InChI is InChI=1S/C45H79O12P/c1-3-5-7-9-11-13-15-17-19-20-21-22-24-26-28-30-32-34-39(46)56-38(36-54-35-33-31-29-27-25-23-18-16-14-12-10-8-6-4-2)37-55-58(52,53)57-45-43(50)41(48)40(47)42(49)44(45)51/h5,7,11,13,17,19,21-22,26,28,38,40-45,47-51H,3-4,6,8-10,12,14-16,18,20,23-25,27,29-37H2,1-2H3,(H,52,53)/b7-5-,13-11-,19-17-,22-21-,28-26-. The van der Waals surface area contributed by atoms with E-state index in [2.05, 4.69) is 62.5 Å². The first-order valence-electron chi connectivity index (χ1n) is 22.1. The Morgan fingerprint density at radius 3 is 1.48 bits per heavy atom. The van der Waals surface area contributed by atoms with E-state index in [1.807, 2.05) is 12.2 Å². The maximum Gasteiger partial charge on any atom is 0.472 e. The number of allylic oxidation sites excluding steroid dienone is 10. The predicted molar refractivity (Wildman–Crippen MR) is 230 cm³/mol. The van der Waals surface area contributed by atoms with Crippen LogP contribution in [0.1, 0.15) is 155 Å². The molecule has 6 atom stereocenters. The van der Waals surface area contributed by atoms with E-state index in [1.165, 1.54) is 70.6 Å². The number of esters is 1. The number of hydrogen-bond acceptors (Lipinski definition) is 11. The van der Waals surface area contributed by atoms with Gasteiger partial charge in [0.05, 0.1) is 13.2 Å². The lowest BCUT2D eigenvalue weighted by atomic mass is 9.85. The van der Waals surface area contributed by atoms with Gasteiger partial charge in [0, 0.05) is 13.0 Å². The molecule has 13 heteroatoms. The number of hydrogen-bond donors (Lipinski definition) is 6. The molecule has 6 N–H and O–H groups in total. The van der Waals surface area contributed by atoms with Crippen LogP contribution in [0.4, 0.5) is 0 Å². The van der Waals surface area contributed by atoms with Crippen molar-refractivity contribution in [1.82, 2.24) is 0 Å². The summed E-state index contributed by atoms with van der Waals surface area (Å²) in [5.74, 6) is -0.534. The molecule has 1 rings (SSSR count). The number of aliphatic hydroxyl groups excluding tert-OH is 5. The number of carbonyl (C=O) groups excluding carboxylic acids is 1. The summed E-state index contributed by atoms with van der Waals surface area (Å²) in [5, 5.41) is 50.1. The summed E-state index contributed by atoms with van der Waals surface area (Å²) in [6.45, 7) is 4.07. The molecule has 0 heterocycles. The summed E-state index contributed by atoms with van der Waals surface area (Å²) in [5.41, 5.74) is 0. The molecule has 12 nitrogen and oxygen atoms in total. The van der Waals surface area contributed by atoms with E-state index >= 15 is 0 Å². The maximum absolute atomic E-state index is 12.8. The lowest BCUT2D eigenvalue weighted by molar-refractivity contribution is -0.220. The summed E-state index contributed by atoms with van der Waals surface area (Å²) in [7, 11) is -5.03. The van der Waals surface area contributed by atoms with Gasteiger partial charge in [0.1, 0.15) is 42.7 Å². The molecule has 0 aromatic heterocycles. The second-order valence-electron chi connectivity index (χ2n) is 15.2. The molecule has 0 bridgehead atoms. The van der Waals surface area contributed by atoms with Gasteiger partial charge in [-0.3, -0.25) is 13.8 Å². The molecular formula is C45H79O12P. The second-order valence-corrected chi connectivity index (χ2v) is 16.6. The smallest absolute Gasteiger partial charge is 0.457 e. The highest BCUT2D eigenvalue weighted by Crippen LogP contribution is 2.47. The van der Waals surface area contributed by atoms with Crippen molar-refractivity contribution in [2.45, 2.75) is 198 Å². The first-order chi connectivity index (χ1) is 28.0.